The third kappa shape index (κ3) is 3.00. The fraction of sp³-hybridized carbons (Fsp3) is 0.412. The normalized spacial score (nSPS) is 15.3. The predicted octanol–water partition coefficient (Wildman–Crippen LogP) is 5.71. The second-order valence-electron chi connectivity index (χ2n) is 6.65. The summed E-state index contributed by atoms with van der Waals surface area (Å²) < 4.78 is 7.16. The molecular weight excluding hydrogens is 328 g/mol. The van der Waals surface area contributed by atoms with Gasteiger partial charge in [-0.05, 0) is 46.1 Å². The average molecular weight is 351 g/mol. The molecular formula is C17H23BrOSi. The SMILES string of the molecule is CO[Si](C)(Cc1cc(Br)cc2ccccc12)C(C)(C)C. The van der Waals surface area contributed by atoms with Crippen molar-refractivity contribution in [1.82, 2.24) is 0 Å². The summed E-state index contributed by atoms with van der Waals surface area (Å²) in [5.74, 6) is 0. The van der Waals surface area contributed by atoms with Gasteiger partial charge in [-0.15, -0.1) is 0 Å². The van der Waals surface area contributed by atoms with Gasteiger partial charge in [-0.2, -0.15) is 0 Å². The molecule has 20 heavy (non-hydrogen) atoms. The van der Waals surface area contributed by atoms with E-state index in [1.165, 1.54) is 16.3 Å². The van der Waals surface area contributed by atoms with E-state index in [4.69, 9.17) is 4.43 Å². The Kier molecular flexibility index (Phi) is 4.43. The first kappa shape index (κ1) is 15.7. The molecule has 2 aromatic carbocycles. The van der Waals surface area contributed by atoms with Crippen molar-refractivity contribution < 1.29 is 4.43 Å². The molecule has 0 saturated heterocycles. The zero-order valence-corrected chi connectivity index (χ0v) is 15.5. The molecule has 0 amide bonds. The van der Waals surface area contributed by atoms with Gasteiger partial charge in [0.1, 0.15) is 0 Å². The molecule has 0 aliphatic rings. The second kappa shape index (κ2) is 5.62. The van der Waals surface area contributed by atoms with Gasteiger partial charge in [-0.1, -0.05) is 61.0 Å². The molecule has 0 fully saturated rings. The van der Waals surface area contributed by atoms with Crippen LogP contribution in [0.15, 0.2) is 40.9 Å². The van der Waals surface area contributed by atoms with Gasteiger partial charge in [0, 0.05) is 11.6 Å². The van der Waals surface area contributed by atoms with Crippen molar-refractivity contribution in [2.45, 2.75) is 38.4 Å². The van der Waals surface area contributed by atoms with Crippen LogP contribution in [0.4, 0.5) is 0 Å². The van der Waals surface area contributed by atoms with Crippen LogP contribution < -0.4 is 0 Å². The molecule has 0 aromatic heterocycles. The maximum Gasteiger partial charge on any atom is 0.198 e. The van der Waals surface area contributed by atoms with E-state index in [-0.39, 0.29) is 5.04 Å². The predicted molar refractivity (Wildman–Crippen MR) is 93.7 cm³/mol. The van der Waals surface area contributed by atoms with Crippen molar-refractivity contribution in [3.63, 3.8) is 0 Å². The van der Waals surface area contributed by atoms with Crippen LogP contribution in [0.2, 0.25) is 11.6 Å². The summed E-state index contributed by atoms with van der Waals surface area (Å²) in [6, 6.07) is 14.1. The monoisotopic (exact) mass is 350 g/mol. The summed E-state index contributed by atoms with van der Waals surface area (Å²) in [4.78, 5) is 0. The van der Waals surface area contributed by atoms with Crippen LogP contribution in [0.1, 0.15) is 26.3 Å². The molecule has 0 N–H and O–H groups in total. The molecule has 1 unspecified atom stereocenters. The standard InChI is InChI=1S/C17H23BrOSi/c1-17(2,3)20(5,19-4)12-14-11-15(18)10-13-8-6-7-9-16(13)14/h6-11H,12H2,1-5H3. The van der Waals surface area contributed by atoms with E-state index in [9.17, 15) is 0 Å². The van der Waals surface area contributed by atoms with Crippen LogP contribution in [-0.4, -0.2) is 15.4 Å². The highest BCUT2D eigenvalue weighted by Gasteiger charge is 2.41. The molecule has 1 atom stereocenters. The first-order valence-corrected chi connectivity index (χ1v) is 10.4. The van der Waals surface area contributed by atoms with Crippen LogP contribution in [-0.2, 0) is 10.5 Å². The van der Waals surface area contributed by atoms with E-state index in [1.807, 2.05) is 7.11 Å². The Morgan fingerprint density at radius 2 is 1.80 bits per heavy atom. The summed E-state index contributed by atoms with van der Waals surface area (Å²) in [5, 5.41) is 2.85. The first-order chi connectivity index (χ1) is 9.27. The minimum absolute atomic E-state index is 0.213. The van der Waals surface area contributed by atoms with Crippen LogP contribution in [0.3, 0.4) is 0 Å². The van der Waals surface area contributed by atoms with Crippen molar-refractivity contribution in [2.75, 3.05) is 7.11 Å². The molecule has 0 aliphatic heterocycles. The van der Waals surface area contributed by atoms with Crippen LogP contribution in [0.25, 0.3) is 10.8 Å². The topological polar surface area (TPSA) is 9.23 Å². The number of rotatable bonds is 3. The highest BCUT2D eigenvalue weighted by molar-refractivity contribution is 9.10. The summed E-state index contributed by atoms with van der Waals surface area (Å²) in [6.45, 7) is 9.22. The third-order valence-corrected chi connectivity index (χ3v) is 10.1. The Labute approximate surface area is 131 Å². The quantitative estimate of drug-likeness (QED) is 0.644. The lowest BCUT2D eigenvalue weighted by molar-refractivity contribution is 0.365. The van der Waals surface area contributed by atoms with Crippen LogP contribution in [0.5, 0.6) is 0 Å². The summed E-state index contributed by atoms with van der Waals surface area (Å²) in [5.41, 5.74) is 1.39. The first-order valence-electron chi connectivity index (χ1n) is 6.99. The maximum atomic E-state index is 6.02. The Balaban J connectivity index is 2.53. The number of hydrogen-bond acceptors (Lipinski definition) is 1. The Morgan fingerprint density at radius 1 is 1.15 bits per heavy atom. The zero-order valence-electron chi connectivity index (χ0n) is 13.0. The molecule has 0 spiro atoms. The van der Waals surface area contributed by atoms with Gasteiger partial charge in [-0.3, -0.25) is 0 Å². The number of benzene rings is 2. The highest BCUT2D eigenvalue weighted by atomic mass is 79.9. The molecule has 3 heteroatoms. The Morgan fingerprint density at radius 3 is 2.40 bits per heavy atom. The Bertz CT molecular complexity index is 618. The van der Waals surface area contributed by atoms with E-state index in [0.29, 0.717) is 0 Å². The number of fused-ring (bicyclic) bond motifs is 1. The molecule has 0 bridgehead atoms. The van der Waals surface area contributed by atoms with Gasteiger partial charge in [0.2, 0.25) is 0 Å². The molecule has 0 saturated carbocycles. The highest BCUT2D eigenvalue weighted by Crippen LogP contribution is 2.40. The molecule has 2 rings (SSSR count). The Hall–Kier alpha value is -0.643. The fourth-order valence-electron chi connectivity index (χ4n) is 2.50. The van der Waals surface area contributed by atoms with Crippen molar-refractivity contribution >= 4 is 35.0 Å². The average Bonchev–Trinajstić information content (AvgIpc) is 2.37. The molecule has 0 aliphatic carbocycles. The zero-order chi connectivity index (χ0) is 15.0. The maximum absolute atomic E-state index is 6.02. The summed E-state index contributed by atoms with van der Waals surface area (Å²) >= 11 is 3.64. The van der Waals surface area contributed by atoms with Crippen molar-refractivity contribution in [3.05, 3.63) is 46.4 Å². The molecule has 0 radical (unpaired) electrons. The van der Waals surface area contributed by atoms with Gasteiger partial charge < -0.3 is 4.43 Å². The van der Waals surface area contributed by atoms with E-state index in [0.717, 1.165) is 10.5 Å². The van der Waals surface area contributed by atoms with Gasteiger partial charge in [-0.25, -0.2) is 0 Å². The minimum atomic E-state index is -1.83. The second-order valence-corrected chi connectivity index (χ2v) is 12.3. The number of halogens is 1. The van der Waals surface area contributed by atoms with Gasteiger partial charge in [0.15, 0.2) is 8.32 Å². The lowest BCUT2D eigenvalue weighted by atomic mass is 10.1. The number of hydrogen-bond donors (Lipinski definition) is 0. The summed E-state index contributed by atoms with van der Waals surface area (Å²) in [6.07, 6.45) is 0. The van der Waals surface area contributed by atoms with Crippen molar-refractivity contribution in [2.24, 2.45) is 0 Å². The van der Waals surface area contributed by atoms with Crippen LogP contribution >= 0.6 is 15.9 Å². The van der Waals surface area contributed by atoms with E-state index < -0.39 is 8.32 Å². The van der Waals surface area contributed by atoms with Gasteiger partial charge >= 0.3 is 0 Å². The molecule has 108 valence electrons. The van der Waals surface area contributed by atoms with Gasteiger partial charge in [0.25, 0.3) is 0 Å². The van der Waals surface area contributed by atoms with Crippen molar-refractivity contribution in [1.29, 1.82) is 0 Å². The van der Waals surface area contributed by atoms with E-state index in [2.05, 4.69) is 79.6 Å². The van der Waals surface area contributed by atoms with Gasteiger partial charge in [0.05, 0.1) is 0 Å². The largest absolute Gasteiger partial charge is 0.419 e. The molecule has 1 nitrogen and oxygen atoms in total. The molecule has 2 aromatic rings. The van der Waals surface area contributed by atoms with Crippen molar-refractivity contribution in [3.8, 4) is 0 Å². The third-order valence-electron chi connectivity index (χ3n) is 4.48. The fourth-order valence-corrected chi connectivity index (χ4v) is 5.33. The smallest absolute Gasteiger partial charge is 0.198 e. The summed E-state index contributed by atoms with van der Waals surface area (Å²) in [7, 11) is 0.0459. The minimum Gasteiger partial charge on any atom is -0.419 e. The lowest BCUT2D eigenvalue weighted by Crippen LogP contribution is -2.45. The van der Waals surface area contributed by atoms with Crippen LogP contribution in [0, 0.1) is 0 Å². The molecule has 0 heterocycles. The van der Waals surface area contributed by atoms with E-state index >= 15 is 0 Å². The van der Waals surface area contributed by atoms with E-state index in [1.54, 1.807) is 0 Å². The lowest BCUT2D eigenvalue weighted by Gasteiger charge is -2.38.